The molecule has 2 aromatic rings. The third kappa shape index (κ3) is 4.46. The van der Waals surface area contributed by atoms with Crippen molar-refractivity contribution >= 4 is 17.3 Å². The number of benzene rings is 2. The fourth-order valence-electron chi connectivity index (χ4n) is 9.85. The van der Waals surface area contributed by atoms with E-state index >= 15 is 4.39 Å². The molecule has 1 aliphatic heterocycles. The van der Waals surface area contributed by atoms with Crippen LogP contribution >= 0.6 is 0 Å². The molecule has 4 fully saturated rings. The Morgan fingerprint density at radius 2 is 1.93 bits per heavy atom. The quantitative estimate of drug-likeness (QED) is 0.367. The van der Waals surface area contributed by atoms with Crippen LogP contribution in [0.5, 0.6) is 5.75 Å². The summed E-state index contributed by atoms with van der Waals surface area (Å²) in [6.07, 6.45) is 5.28. The number of allylic oxidation sites excluding steroid dienone is 4. The molecule has 3 saturated carbocycles. The second kappa shape index (κ2) is 11.1. The molecule has 0 amide bonds. The third-order valence-corrected chi connectivity index (χ3v) is 12.0. The molecular weight excluding hydrogens is 589 g/mol. The summed E-state index contributed by atoms with van der Waals surface area (Å²) in [7, 11) is 0. The second-order valence-electron chi connectivity index (χ2n) is 14.3. The number of nitrogens with two attached hydrogens (primary N) is 1. The van der Waals surface area contributed by atoms with Crippen LogP contribution in [0.2, 0.25) is 0 Å². The lowest BCUT2D eigenvalue weighted by Gasteiger charge is -2.59. The minimum absolute atomic E-state index is 0.0319. The molecule has 7 rings (SSSR count). The van der Waals surface area contributed by atoms with Crippen molar-refractivity contribution < 1.29 is 38.4 Å². The number of ether oxygens (including phenoxy) is 3. The normalized spacial score (nSPS) is 37.6. The molecule has 0 unspecified atom stereocenters. The molecule has 5 aliphatic rings. The summed E-state index contributed by atoms with van der Waals surface area (Å²) >= 11 is 0. The molecule has 46 heavy (non-hydrogen) atoms. The summed E-state index contributed by atoms with van der Waals surface area (Å²) in [5.41, 5.74) is 6.32. The number of aliphatic hydroxyl groups excluding tert-OH is 2. The zero-order valence-electron chi connectivity index (χ0n) is 26.5. The van der Waals surface area contributed by atoms with E-state index in [4.69, 9.17) is 19.9 Å². The number of rotatable bonds is 7. The fraction of sp³-hybridized carbons (Fsp3) is 0.514. The Labute approximate surface area is 268 Å². The van der Waals surface area contributed by atoms with Gasteiger partial charge in [0.1, 0.15) is 6.61 Å². The van der Waals surface area contributed by atoms with Gasteiger partial charge in [0.2, 0.25) is 0 Å². The maximum Gasteiger partial charge on any atom is 0.193 e. The van der Waals surface area contributed by atoms with Gasteiger partial charge in [0, 0.05) is 28.9 Å². The van der Waals surface area contributed by atoms with Crippen molar-refractivity contribution in [3.63, 3.8) is 0 Å². The summed E-state index contributed by atoms with van der Waals surface area (Å²) in [4.78, 5) is 26.1. The summed E-state index contributed by atoms with van der Waals surface area (Å²) in [6.45, 7) is 5.29. The molecule has 244 valence electrons. The number of fused-ring (bicyclic) bond motifs is 7. The molecule has 8 nitrogen and oxygen atoms in total. The van der Waals surface area contributed by atoms with E-state index in [1.54, 1.807) is 31.2 Å². The van der Waals surface area contributed by atoms with Crippen molar-refractivity contribution in [2.45, 2.75) is 77.0 Å². The van der Waals surface area contributed by atoms with Gasteiger partial charge >= 0.3 is 0 Å². The van der Waals surface area contributed by atoms with Crippen molar-refractivity contribution in [3.05, 3.63) is 82.7 Å². The van der Waals surface area contributed by atoms with Crippen molar-refractivity contribution in [1.29, 1.82) is 0 Å². The van der Waals surface area contributed by atoms with E-state index in [1.807, 2.05) is 37.3 Å². The predicted molar refractivity (Wildman–Crippen MR) is 168 cm³/mol. The lowest BCUT2D eigenvalue weighted by molar-refractivity contribution is -0.201. The molecule has 2 aromatic carbocycles. The number of aryl methyl sites for hydroxylation is 1. The number of carbonyl (C=O) groups is 2. The average molecular weight is 632 g/mol. The number of Topliss-reactive ketones (excluding diaryl/α,β-unsaturated/α-hetero) is 1. The van der Waals surface area contributed by atoms with E-state index in [0.717, 1.165) is 24.0 Å². The standard InChI is InChI=1S/C37H42FNO7/c1-20-4-11-28(44-15-13-21-5-8-23(39)9-6-21)33(38)31(20)34-45-30-17-26-25-10-7-22-16-24(41)12-14-35(22,2)32(25)27(42)18-36(26,3)37(30,46-34)29(43)19-40/h4-6,8-9,11-12,14,16,25-27,30,32,34,40,42H,7,10,13,15,17-19,39H2,1-3H3/t25-,26-,27-,30+,32+,34+,35-,36-,37+/m0/s1. The van der Waals surface area contributed by atoms with Gasteiger partial charge in [0.05, 0.1) is 24.4 Å². The average Bonchev–Trinajstić information content (AvgIpc) is 3.51. The molecule has 1 saturated heterocycles. The van der Waals surface area contributed by atoms with Crippen LogP contribution in [0.15, 0.2) is 60.2 Å². The number of halogens is 1. The van der Waals surface area contributed by atoms with E-state index < -0.39 is 53.1 Å². The van der Waals surface area contributed by atoms with Gasteiger partial charge < -0.3 is 30.2 Å². The van der Waals surface area contributed by atoms with Gasteiger partial charge in [0.15, 0.2) is 35.0 Å². The van der Waals surface area contributed by atoms with E-state index in [9.17, 15) is 19.8 Å². The van der Waals surface area contributed by atoms with Crippen LogP contribution in [0.4, 0.5) is 10.1 Å². The Kier molecular flexibility index (Phi) is 7.55. The molecule has 4 aliphatic carbocycles. The number of carbonyl (C=O) groups excluding carboxylic acids is 2. The number of hydrogen-bond acceptors (Lipinski definition) is 8. The first-order chi connectivity index (χ1) is 21.9. The zero-order valence-corrected chi connectivity index (χ0v) is 26.5. The van der Waals surface area contributed by atoms with Crippen LogP contribution in [0.3, 0.4) is 0 Å². The monoisotopic (exact) mass is 631 g/mol. The maximum atomic E-state index is 16.2. The van der Waals surface area contributed by atoms with E-state index in [2.05, 4.69) is 6.92 Å². The number of ketones is 2. The number of anilines is 1. The number of nitrogen functional groups attached to an aromatic ring is 1. The Balaban J connectivity index is 1.18. The summed E-state index contributed by atoms with van der Waals surface area (Å²) < 4.78 is 35.2. The van der Waals surface area contributed by atoms with Crippen LogP contribution in [-0.4, -0.2) is 52.8 Å². The largest absolute Gasteiger partial charge is 0.490 e. The van der Waals surface area contributed by atoms with Crippen molar-refractivity contribution in [2.75, 3.05) is 18.9 Å². The van der Waals surface area contributed by atoms with Gasteiger partial charge in [-0.2, -0.15) is 0 Å². The maximum absolute atomic E-state index is 16.2. The van der Waals surface area contributed by atoms with E-state index in [1.165, 1.54) is 0 Å². The van der Waals surface area contributed by atoms with Gasteiger partial charge in [0.25, 0.3) is 0 Å². The van der Waals surface area contributed by atoms with Gasteiger partial charge in [-0.05, 0) is 85.9 Å². The van der Waals surface area contributed by atoms with Gasteiger partial charge in [-0.15, -0.1) is 0 Å². The Morgan fingerprint density at radius 1 is 1.17 bits per heavy atom. The highest BCUT2D eigenvalue weighted by molar-refractivity contribution is 6.01. The first-order valence-corrected chi connectivity index (χ1v) is 16.3. The van der Waals surface area contributed by atoms with Crippen LogP contribution < -0.4 is 10.5 Å². The lowest BCUT2D eigenvalue weighted by atomic mass is 9.46. The van der Waals surface area contributed by atoms with Crippen molar-refractivity contribution in [2.24, 2.45) is 28.6 Å². The SMILES string of the molecule is Cc1ccc(OCCc2ccc(N)cc2)c(F)c1[C@@H]1O[C@@H]2C[C@H]3[C@@H]4CCC5=CC(=O)C=C[C@]5(C)[C@H]4[C@@H](O)C[C@]3(C)[C@]2(C(=O)CO)O1. The molecule has 4 N–H and O–H groups in total. The van der Waals surface area contributed by atoms with Crippen LogP contribution in [0.1, 0.15) is 62.5 Å². The number of aliphatic hydroxyl groups is 2. The molecule has 0 spiro atoms. The highest BCUT2D eigenvalue weighted by Gasteiger charge is 2.76. The zero-order chi connectivity index (χ0) is 32.6. The summed E-state index contributed by atoms with van der Waals surface area (Å²) in [5.74, 6) is -1.28. The molecule has 9 atom stereocenters. The van der Waals surface area contributed by atoms with Crippen LogP contribution in [-0.2, 0) is 25.5 Å². The van der Waals surface area contributed by atoms with E-state index in [0.29, 0.717) is 24.1 Å². The summed E-state index contributed by atoms with van der Waals surface area (Å²) in [6, 6.07) is 10.7. The van der Waals surface area contributed by atoms with Crippen LogP contribution in [0.25, 0.3) is 0 Å². The van der Waals surface area contributed by atoms with Gasteiger partial charge in [-0.1, -0.05) is 43.7 Å². The van der Waals surface area contributed by atoms with Crippen LogP contribution in [0, 0.1) is 41.3 Å². The van der Waals surface area contributed by atoms with E-state index in [-0.39, 0.29) is 47.9 Å². The van der Waals surface area contributed by atoms with Crippen molar-refractivity contribution in [3.8, 4) is 5.75 Å². The first kappa shape index (κ1) is 31.2. The summed E-state index contributed by atoms with van der Waals surface area (Å²) in [5, 5.41) is 22.1. The molecule has 0 bridgehead atoms. The Hall–Kier alpha value is -3.37. The molecule has 9 heteroatoms. The van der Waals surface area contributed by atoms with Gasteiger partial charge in [-0.25, -0.2) is 4.39 Å². The number of hydrogen-bond donors (Lipinski definition) is 3. The smallest absolute Gasteiger partial charge is 0.193 e. The first-order valence-electron chi connectivity index (χ1n) is 16.3. The molecule has 0 aromatic heterocycles. The minimum Gasteiger partial charge on any atom is -0.490 e. The Morgan fingerprint density at radius 3 is 2.67 bits per heavy atom. The molecule has 1 heterocycles. The lowest BCUT2D eigenvalue weighted by Crippen LogP contribution is -2.63. The van der Waals surface area contributed by atoms with Gasteiger partial charge in [-0.3, -0.25) is 9.59 Å². The highest BCUT2D eigenvalue weighted by Crippen LogP contribution is 2.70. The fourth-order valence-corrected chi connectivity index (χ4v) is 9.85. The predicted octanol–water partition coefficient (Wildman–Crippen LogP) is 4.94. The molecule has 0 radical (unpaired) electrons. The molecular formula is C37H42FNO7. The topological polar surface area (TPSA) is 128 Å². The highest BCUT2D eigenvalue weighted by atomic mass is 19.1. The second-order valence-corrected chi connectivity index (χ2v) is 14.3. The van der Waals surface area contributed by atoms with Crippen molar-refractivity contribution in [1.82, 2.24) is 0 Å². The minimum atomic E-state index is -1.57. The third-order valence-electron chi connectivity index (χ3n) is 12.0. The Bertz CT molecular complexity index is 1640.